The summed E-state index contributed by atoms with van der Waals surface area (Å²) in [5.41, 5.74) is 5.13. The maximum atomic E-state index is 4.22. The summed E-state index contributed by atoms with van der Waals surface area (Å²) < 4.78 is 0. The molecule has 1 aromatic heterocycles. The van der Waals surface area contributed by atoms with Crippen LogP contribution in [0.3, 0.4) is 0 Å². The monoisotopic (exact) mass is 290 g/mol. The molecule has 1 N–H and O–H groups in total. The fourth-order valence-corrected chi connectivity index (χ4v) is 2.95. The average Bonchev–Trinajstić information content (AvgIpc) is 3.10. The summed E-state index contributed by atoms with van der Waals surface area (Å²) in [5, 5.41) is 0. The Bertz CT molecular complexity index is 699. The van der Waals surface area contributed by atoms with Crippen LogP contribution in [-0.4, -0.2) is 9.97 Å². The third-order valence-corrected chi connectivity index (χ3v) is 4.54. The number of aromatic amines is 1. The van der Waals surface area contributed by atoms with E-state index in [0.29, 0.717) is 0 Å². The molecule has 0 radical (unpaired) electrons. The molecule has 3 aromatic rings. The lowest BCUT2D eigenvalue weighted by Crippen LogP contribution is -2.25. The number of H-pyrrole nitrogens is 1. The predicted octanol–water partition coefficient (Wildman–Crippen LogP) is 4.66. The van der Waals surface area contributed by atoms with Gasteiger partial charge in [-0.1, -0.05) is 60.2 Å². The number of aromatic nitrogens is 2. The zero-order chi connectivity index (χ0) is 15.4. The molecule has 0 saturated heterocycles. The van der Waals surface area contributed by atoms with Crippen LogP contribution < -0.4 is 0 Å². The summed E-state index contributed by atoms with van der Waals surface area (Å²) >= 11 is 0. The highest BCUT2D eigenvalue weighted by Crippen LogP contribution is 2.35. The molecule has 0 aliphatic carbocycles. The zero-order valence-electron chi connectivity index (χ0n) is 13.2. The Kier molecular flexibility index (Phi) is 4.10. The summed E-state index contributed by atoms with van der Waals surface area (Å²) in [5.74, 6) is 0. The van der Waals surface area contributed by atoms with Gasteiger partial charge in [0.25, 0.3) is 0 Å². The fourth-order valence-electron chi connectivity index (χ4n) is 2.95. The van der Waals surface area contributed by atoms with Crippen LogP contribution >= 0.6 is 0 Å². The highest BCUT2D eigenvalue weighted by molar-refractivity contribution is 5.34. The summed E-state index contributed by atoms with van der Waals surface area (Å²) in [7, 11) is 0. The van der Waals surface area contributed by atoms with E-state index in [0.717, 1.165) is 12.8 Å². The zero-order valence-corrected chi connectivity index (χ0v) is 13.2. The van der Waals surface area contributed by atoms with E-state index in [1.54, 1.807) is 6.33 Å². The molecule has 0 aliphatic heterocycles. The lowest BCUT2D eigenvalue weighted by molar-refractivity contribution is 0.507. The maximum absolute atomic E-state index is 4.22. The van der Waals surface area contributed by atoms with Crippen molar-refractivity contribution in [2.24, 2.45) is 0 Å². The van der Waals surface area contributed by atoms with Crippen molar-refractivity contribution in [3.8, 4) is 0 Å². The molecule has 2 heteroatoms. The van der Waals surface area contributed by atoms with Crippen LogP contribution in [0.15, 0.2) is 67.1 Å². The molecule has 0 unspecified atom stereocenters. The molecule has 112 valence electrons. The smallest absolute Gasteiger partial charge is 0.0922 e. The van der Waals surface area contributed by atoms with Crippen molar-refractivity contribution in [1.29, 1.82) is 0 Å². The van der Waals surface area contributed by atoms with E-state index in [9.17, 15) is 0 Å². The second-order valence-corrected chi connectivity index (χ2v) is 6.15. The molecular weight excluding hydrogens is 268 g/mol. The molecule has 0 amide bonds. The van der Waals surface area contributed by atoms with E-state index in [2.05, 4.69) is 78.4 Å². The molecule has 0 fully saturated rings. The van der Waals surface area contributed by atoms with Crippen LogP contribution in [-0.2, 0) is 11.8 Å². The minimum atomic E-state index is -0.0529. The van der Waals surface area contributed by atoms with E-state index >= 15 is 0 Å². The Morgan fingerprint density at radius 3 is 2.36 bits per heavy atom. The van der Waals surface area contributed by atoms with Crippen LogP contribution in [0.1, 0.15) is 35.7 Å². The standard InChI is InChI=1S/C20H22N2/c1-16-8-10-17(11-9-16)12-13-20(2,19-14-21-15-22-19)18-6-4-3-5-7-18/h3-11,14-15H,12-13H2,1-2H3,(H,21,22)/t20-/m0/s1. The van der Waals surface area contributed by atoms with E-state index in [1.807, 2.05) is 6.20 Å². The predicted molar refractivity (Wildman–Crippen MR) is 91.0 cm³/mol. The first kappa shape index (κ1) is 14.6. The Hall–Kier alpha value is -2.35. The molecule has 1 atom stereocenters. The van der Waals surface area contributed by atoms with Gasteiger partial charge in [0, 0.05) is 17.3 Å². The topological polar surface area (TPSA) is 28.7 Å². The van der Waals surface area contributed by atoms with Crippen molar-refractivity contribution in [2.45, 2.75) is 32.1 Å². The van der Waals surface area contributed by atoms with Gasteiger partial charge in [0.1, 0.15) is 0 Å². The molecule has 2 aromatic carbocycles. The van der Waals surface area contributed by atoms with Crippen LogP contribution in [0.5, 0.6) is 0 Å². The first-order valence-electron chi connectivity index (χ1n) is 7.78. The summed E-state index contributed by atoms with van der Waals surface area (Å²) in [6, 6.07) is 19.5. The Labute approximate surface area is 132 Å². The maximum Gasteiger partial charge on any atom is 0.0922 e. The molecule has 0 saturated carbocycles. The first-order chi connectivity index (χ1) is 10.7. The van der Waals surface area contributed by atoms with Gasteiger partial charge in [-0.15, -0.1) is 0 Å². The largest absolute Gasteiger partial charge is 0.348 e. The third kappa shape index (κ3) is 2.96. The Morgan fingerprint density at radius 2 is 1.73 bits per heavy atom. The van der Waals surface area contributed by atoms with Crippen molar-refractivity contribution < 1.29 is 0 Å². The van der Waals surface area contributed by atoms with Crippen LogP contribution in [0.2, 0.25) is 0 Å². The Morgan fingerprint density at radius 1 is 1.00 bits per heavy atom. The van der Waals surface area contributed by atoms with Gasteiger partial charge >= 0.3 is 0 Å². The normalized spacial score (nSPS) is 13.7. The second-order valence-electron chi connectivity index (χ2n) is 6.15. The number of nitrogens with one attached hydrogen (secondary N) is 1. The molecule has 22 heavy (non-hydrogen) atoms. The van der Waals surface area contributed by atoms with Gasteiger partial charge in [-0.3, -0.25) is 0 Å². The highest BCUT2D eigenvalue weighted by atomic mass is 14.9. The van der Waals surface area contributed by atoms with Gasteiger partial charge in [-0.05, 0) is 37.8 Å². The lowest BCUT2D eigenvalue weighted by Gasteiger charge is -2.29. The van der Waals surface area contributed by atoms with Crippen molar-refractivity contribution >= 4 is 0 Å². The third-order valence-electron chi connectivity index (χ3n) is 4.54. The van der Waals surface area contributed by atoms with E-state index < -0.39 is 0 Å². The van der Waals surface area contributed by atoms with Crippen molar-refractivity contribution in [2.75, 3.05) is 0 Å². The molecular formula is C20H22N2. The lowest BCUT2D eigenvalue weighted by atomic mass is 9.75. The number of hydrogen-bond donors (Lipinski definition) is 1. The van der Waals surface area contributed by atoms with Crippen LogP contribution in [0.4, 0.5) is 0 Å². The molecule has 0 aliphatic rings. The van der Waals surface area contributed by atoms with Gasteiger partial charge in [-0.25, -0.2) is 4.98 Å². The summed E-state index contributed by atoms with van der Waals surface area (Å²) in [4.78, 5) is 7.54. The second kappa shape index (κ2) is 6.18. The van der Waals surface area contributed by atoms with Crippen LogP contribution in [0.25, 0.3) is 0 Å². The minimum absolute atomic E-state index is 0.0529. The van der Waals surface area contributed by atoms with Gasteiger partial charge in [0.15, 0.2) is 0 Å². The number of hydrogen-bond acceptors (Lipinski definition) is 1. The van der Waals surface area contributed by atoms with Gasteiger partial charge in [0.05, 0.1) is 6.33 Å². The van der Waals surface area contributed by atoms with Crippen molar-refractivity contribution in [1.82, 2.24) is 9.97 Å². The van der Waals surface area contributed by atoms with Crippen molar-refractivity contribution in [3.05, 3.63) is 89.5 Å². The number of imidazole rings is 1. The van der Waals surface area contributed by atoms with Gasteiger partial charge < -0.3 is 4.98 Å². The molecule has 1 heterocycles. The minimum Gasteiger partial charge on any atom is -0.348 e. The molecule has 0 bridgehead atoms. The Balaban J connectivity index is 1.88. The quantitative estimate of drug-likeness (QED) is 0.727. The molecule has 3 rings (SSSR count). The fraction of sp³-hybridized carbons (Fsp3) is 0.250. The summed E-state index contributed by atoms with van der Waals surface area (Å²) in [6.07, 6.45) is 5.80. The SMILES string of the molecule is Cc1ccc(CC[C@@](C)(c2ccccc2)c2cnc[nH]2)cc1. The number of rotatable bonds is 5. The first-order valence-corrected chi connectivity index (χ1v) is 7.78. The van der Waals surface area contributed by atoms with Gasteiger partial charge in [0.2, 0.25) is 0 Å². The molecule has 2 nitrogen and oxygen atoms in total. The van der Waals surface area contributed by atoms with E-state index in [1.165, 1.54) is 22.4 Å². The highest BCUT2D eigenvalue weighted by Gasteiger charge is 2.29. The average molecular weight is 290 g/mol. The summed E-state index contributed by atoms with van der Waals surface area (Å²) in [6.45, 7) is 4.42. The number of benzene rings is 2. The van der Waals surface area contributed by atoms with Gasteiger partial charge in [-0.2, -0.15) is 0 Å². The van der Waals surface area contributed by atoms with E-state index in [-0.39, 0.29) is 5.41 Å². The molecule has 0 spiro atoms. The number of aryl methyl sites for hydroxylation is 2. The van der Waals surface area contributed by atoms with E-state index in [4.69, 9.17) is 0 Å². The number of nitrogens with zero attached hydrogens (tertiary/aromatic N) is 1. The van der Waals surface area contributed by atoms with Crippen LogP contribution in [0, 0.1) is 6.92 Å². The van der Waals surface area contributed by atoms with Crippen molar-refractivity contribution in [3.63, 3.8) is 0 Å².